The molecule has 2 rings (SSSR count). The van der Waals surface area contributed by atoms with Gasteiger partial charge in [0.1, 0.15) is 0 Å². The fourth-order valence-electron chi connectivity index (χ4n) is 2.54. The van der Waals surface area contributed by atoms with Gasteiger partial charge in [-0.05, 0) is 38.4 Å². The molecule has 1 fully saturated rings. The second kappa shape index (κ2) is 7.30. The topological polar surface area (TPSA) is 32.3 Å². The number of rotatable bonds is 4. The lowest BCUT2D eigenvalue weighted by atomic mass is 10.0. The Morgan fingerprint density at radius 2 is 2.20 bits per heavy atom. The zero-order valence-corrected chi connectivity index (χ0v) is 13.2. The van der Waals surface area contributed by atoms with E-state index >= 15 is 0 Å². The Balaban J connectivity index is 2.10. The first-order valence-electron chi connectivity index (χ1n) is 7.10. The van der Waals surface area contributed by atoms with Crippen LogP contribution < -0.4 is 5.32 Å². The van der Waals surface area contributed by atoms with E-state index in [1.165, 1.54) is 12.8 Å². The molecule has 1 amide bonds. The largest absolute Gasteiger partial charge is 0.337 e. The smallest absolute Gasteiger partial charge is 0.255 e. The molecule has 0 aliphatic carbocycles. The van der Waals surface area contributed by atoms with E-state index in [2.05, 4.69) is 5.32 Å². The molecule has 3 nitrogen and oxygen atoms in total. The molecule has 0 radical (unpaired) electrons. The summed E-state index contributed by atoms with van der Waals surface area (Å²) < 4.78 is 0. The van der Waals surface area contributed by atoms with Crippen LogP contribution in [0.5, 0.6) is 0 Å². The van der Waals surface area contributed by atoms with Crippen LogP contribution in [0, 0.1) is 0 Å². The third kappa shape index (κ3) is 3.66. The van der Waals surface area contributed by atoms with Crippen molar-refractivity contribution in [3.05, 3.63) is 33.8 Å². The maximum absolute atomic E-state index is 12.6. The van der Waals surface area contributed by atoms with Gasteiger partial charge in [0, 0.05) is 19.1 Å². The van der Waals surface area contributed by atoms with Crippen LogP contribution >= 0.6 is 23.2 Å². The highest BCUT2D eigenvalue weighted by Crippen LogP contribution is 2.26. The number of likely N-dealkylation sites (N-methyl/N-ethyl adjacent to an activating group) is 1. The average molecular weight is 315 g/mol. The molecule has 1 unspecified atom stereocenters. The summed E-state index contributed by atoms with van der Waals surface area (Å²) in [6.07, 6.45) is 3.56. The zero-order chi connectivity index (χ0) is 14.5. The van der Waals surface area contributed by atoms with Crippen LogP contribution in [0.1, 0.15) is 36.5 Å². The highest BCUT2D eigenvalue weighted by Gasteiger charge is 2.22. The summed E-state index contributed by atoms with van der Waals surface area (Å²) in [6.45, 7) is 4.41. The van der Waals surface area contributed by atoms with Gasteiger partial charge >= 0.3 is 0 Å². The summed E-state index contributed by atoms with van der Waals surface area (Å²) >= 11 is 12.1. The molecule has 0 aromatic heterocycles. The molecule has 1 saturated heterocycles. The number of hydrogen-bond donors (Lipinski definition) is 1. The molecule has 1 aliphatic rings. The molecular weight excluding hydrogens is 295 g/mol. The van der Waals surface area contributed by atoms with Crippen molar-refractivity contribution in [1.82, 2.24) is 10.2 Å². The van der Waals surface area contributed by atoms with Crippen molar-refractivity contribution >= 4 is 29.1 Å². The van der Waals surface area contributed by atoms with E-state index in [9.17, 15) is 4.79 Å². The molecule has 1 aliphatic heterocycles. The summed E-state index contributed by atoms with van der Waals surface area (Å²) in [4.78, 5) is 14.4. The number of hydrogen-bond acceptors (Lipinski definition) is 2. The lowest BCUT2D eigenvalue weighted by molar-refractivity contribution is 0.0741. The highest BCUT2D eigenvalue weighted by molar-refractivity contribution is 6.43. The van der Waals surface area contributed by atoms with E-state index in [0.29, 0.717) is 28.2 Å². The summed E-state index contributed by atoms with van der Waals surface area (Å²) in [5.74, 6) is -0.0487. The van der Waals surface area contributed by atoms with Crippen LogP contribution in [0.25, 0.3) is 0 Å². The second-order valence-electron chi connectivity index (χ2n) is 5.09. The van der Waals surface area contributed by atoms with Crippen molar-refractivity contribution in [2.75, 3.05) is 19.6 Å². The summed E-state index contributed by atoms with van der Waals surface area (Å²) in [6, 6.07) is 5.56. The second-order valence-corrected chi connectivity index (χ2v) is 5.88. The third-order valence-electron chi connectivity index (χ3n) is 3.70. The first kappa shape index (κ1) is 15.6. The van der Waals surface area contributed by atoms with Gasteiger partial charge in [-0.15, -0.1) is 0 Å². The predicted octanol–water partition coefficient (Wildman–Crippen LogP) is 3.60. The Morgan fingerprint density at radius 3 is 2.85 bits per heavy atom. The molecule has 0 saturated carbocycles. The van der Waals surface area contributed by atoms with Crippen molar-refractivity contribution in [3.8, 4) is 0 Å². The molecule has 0 bridgehead atoms. The molecule has 5 heteroatoms. The molecule has 110 valence electrons. The van der Waals surface area contributed by atoms with Crippen molar-refractivity contribution in [3.63, 3.8) is 0 Å². The molecule has 1 heterocycles. The van der Waals surface area contributed by atoms with Gasteiger partial charge < -0.3 is 10.2 Å². The number of nitrogens with zero attached hydrogens (tertiary/aromatic N) is 1. The summed E-state index contributed by atoms with van der Waals surface area (Å²) in [7, 11) is 0. The minimum absolute atomic E-state index is 0.0487. The Kier molecular flexibility index (Phi) is 5.70. The van der Waals surface area contributed by atoms with Crippen LogP contribution in [-0.2, 0) is 0 Å². The van der Waals surface area contributed by atoms with Crippen LogP contribution in [0.2, 0.25) is 10.0 Å². The number of nitrogens with one attached hydrogen (secondary N) is 1. The van der Waals surface area contributed by atoms with Crippen LogP contribution in [0.15, 0.2) is 18.2 Å². The number of halogens is 2. The number of piperidine rings is 1. The highest BCUT2D eigenvalue weighted by atomic mass is 35.5. The minimum Gasteiger partial charge on any atom is -0.337 e. The summed E-state index contributed by atoms with van der Waals surface area (Å²) in [5.41, 5.74) is 0.483. The SMILES string of the molecule is CCN(CC1CCCCN1)C(=O)c1cccc(Cl)c1Cl. The van der Waals surface area contributed by atoms with Gasteiger partial charge in [-0.1, -0.05) is 35.7 Å². The first-order valence-corrected chi connectivity index (χ1v) is 7.85. The van der Waals surface area contributed by atoms with Gasteiger partial charge in [-0.2, -0.15) is 0 Å². The fourth-order valence-corrected chi connectivity index (χ4v) is 2.92. The maximum atomic E-state index is 12.6. The normalized spacial score (nSPS) is 18.9. The number of amides is 1. The van der Waals surface area contributed by atoms with E-state index in [-0.39, 0.29) is 5.91 Å². The molecule has 0 spiro atoms. The number of benzene rings is 1. The van der Waals surface area contributed by atoms with Crippen LogP contribution in [0.4, 0.5) is 0 Å². The van der Waals surface area contributed by atoms with E-state index in [0.717, 1.165) is 19.5 Å². The zero-order valence-electron chi connectivity index (χ0n) is 11.7. The van der Waals surface area contributed by atoms with Crippen molar-refractivity contribution in [1.29, 1.82) is 0 Å². The quantitative estimate of drug-likeness (QED) is 0.921. The van der Waals surface area contributed by atoms with E-state index in [1.54, 1.807) is 18.2 Å². The Morgan fingerprint density at radius 1 is 1.40 bits per heavy atom. The van der Waals surface area contributed by atoms with Crippen LogP contribution in [0.3, 0.4) is 0 Å². The van der Waals surface area contributed by atoms with Gasteiger partial charge in [0.2, 0.25) is 0 Å². The minimum atomic E-state index is -0.0487. The molecule has 1 aromatic rings. The molecule has 20 heavy (non-hydrogen) atoms. The lowest BCUT2D eigenvalue weighted by Gasteiger charge is -2.30. The lowest BCUT2D eigenvalue weighted by Crippen LogP contribution is -2.45. The first-order chi connectivity index (χ1) is 9.63. The molecule has 1 aromatic carbocycles. The van der Waals surface area contributed by atoms with E-state index < -0.39 is 0 Å². The standard InChI is InChI=1S/C15H20Cl2N2O/c1-2-19(10-11-6-3-4-9-18-11)15(20)12-7-5-8-13(16)14(12)17/h5,7-8,11,18H,2-4,6,9-10H2,1H3. The number of carbonyl (C=O) groups is 1. The molecular formula is C15H20Cl2N2O. The van der Waals surface area contributed by atoms with Crippen molar-refractivity contribution < 1.29 is 4.79 Å². The third-order valence-corrected chi connectivity index (χ3v) is 4.52. The van der Waals surface area contributed by atoms with Gasteiger partial charge in [-0.25, -0.2) is 0 Å². The van der Waals surface area contributed by atoms with E-state index in [1.807, 2.05) is 11.8 Å². The van der Waals surface area contributed by atoms with Crippen LogP contribution in [-0.4, -0.2) is 36.5 Å². The average Bonchev–Trinajstić information content (AvgIpc) is 2.48. The van der Waals surface area contributed by atoms with Crippen molar-refractivity contribution in [2.45, 2.75) is 32.2 Å². The van der Waals surface area contributed by atoms with Gasteiger partial charge in [-0.3, -0.25) is 4.79 Å². The molecule has 1 atom stereocenters. The predicted molar refractivity (Wildman–Crippen MR) is 83.7 cm³/mol. The maximum Gasteiger partial charge on any atom is 0.255 e. The molecule has 1 N–H and O–H groups in total. The Labute approximate surface area is 130 Å². The van der Waals surface area contributed by atoms with Gasteiger partial charge in [0.25, 0.3) is 5.91 Å². The van der Waals surface area contributed by atoms with Crippen molar-refractivity contribution in [2.24, 2.45) is 0 Å². The fraction of sp³-hybridized carbons (Fsp3) is 0.533. The number of carbonyl (C=O) groups excluding carboxylic acids is 1. The van der Waals surface area contributed by atoms with Gasteiger partial charge in [0.15, 0.2) is 0 Å². The monoisotopic (exact) mass is 314 g/mol. The Bertz CT molecular complexity index is 473. The van der Waals surface area contributed by atoms with E-state index in [4.69, 9.17) is 23.2 Å². The summed E-state index contributed by atoms with van der Waals surface area (Å²) in [5, 5.41) is 4.23. The Hall–Kier alpha value is -0.770. The van der Waals surface area contributed by atoms with Gasteiger partial charge in [0.05, 0.1) is 15.6 Å².